The van der Waals surface area contributed by atoms with E-state index in [9.17, 15) is 13.6 Å². The van der Waals surface area contributed by atoms with Crippen molar-refractivity contribution in [1.82, 2.24) is 9.88 Å². The lowest BCUT2D eigenvalue weighted by Crippen LogP contribution is -2.39. The van der Waals surface area contributed by atoms with E-state index in [1.165, 1.54) is 0 Å². The minimum atomic E-state index is -2.53. The first-order chi connectivity index (χ1) is 17.4. The number of nitrogens with zero attached hydrogens (tertiary/aromatic N) is 2. The van der Waals surface area contributed by atoms with Gasteiger partial charge in [-0.1, -0.05) is 30.3 Å². The van der Waals surface area contributed by atoms with Gasteiger partial charge in [-0.2, -0.15) is 0 Å². The highest BCUT2D eigenvalue weighted by molar-refractivity contribution is 5.55. The zero-order valence-corrected chi connectivity index (χ0v) is 20.0. The van der Waals surface area contributed by atoms with Crippen molar-refractivity contribution < 1.29 is 18.3 Å². The molecule has 0 amide bonds. The summed E-state index contributed by atoms with van der Waals surface area (Å²) in [6, 6.07) is 15.9. The Bertz CT molecular complexity index is 1320. The van der Waals surface area contributed by atoms with Gasteiger partial charge in [-0.15, -0.1) is 0 Å². The van der Waals surface area contributed by atoms with Crippen molar-refractivity contribution >= 4 is 5.69 Å². The van der Waals surface area contributed by atoms with Crippen molar-refractivity contribution in [2.75, 3.05) is 37.7 Å². The van der Waals surface area contributed by atoms with E-state index in [2.05, 4.69) is 33.0 Å². The standard InChI is InChI=1S/C28H29F2N3O3/c29-28(30)7-10-32(11-8-28)17-19-4-5-24-21(14-19)15-20-2-1-3-23(27(20)36-24)25-18-33(12-13-35-25)22-6-9-31-26(34)16-22/h1-6,9,14,16,25H,7-8,10-13,15,17-18H2,(H,31,34). The minimum Gasteiger partial charge on any atom is -0.456 e. The molecule has 3 aliphatic heterocycles. The second-order valence-electron chi connectivity index (χ2n) is 9.91. The number of hydrogen-bond donors (Lipinski definition) is 1. The topological polar surface area (TPSA) is 57.8 Å². The molecular formula is C28H29F2N3O3. The molecule has 1 N–H and O–H groups in total. The monoisotopic (exact) mass is 493 g/mol. The summed E-state index contributed by atoms with van der Waals surface area (Å²) in [5.74, 6) is -0.862. The summed E-state index contributed by atoms with van der Waals surface area (Å²) in [5.41, 5.74) is 5.09. The molecule has 2 aromatic carbocycles. The fourth-order valence-corrected chi connectivity index (χ4v) is 5.40. The number of para-hydroxylation sites is 1. The van der Waals surface area contributed by atoms with Crippen molar-refractivity contribution in [1.29, 1.82) is 0 Å². The van der Waals surface area contributed by atoms with Gasteiger partial charge in [-0.05, 0) is 28.8 Å². The molecule has 8 heteroatoms. The number of rotatable bonds is 4. The number of H-pyrrole nitrogens is 1. The molecule has 0 radical (unpaired) electrons. The Kier molecular flexibility index (Phi) is 6.01. The first-order valence-corrected chi connectivity index (χ1v) is 12.5. The van der Waals surface area contributed by atoms with Crippen LogP contribution in [0.5, 0.6) is 11.5 Å². The van der Waals surface area contributed by atoms with Gasteiger partial charge in [0.2, 0.25) is 5.56 Å². The lowest BCUT2D eigenvalue weighted by Gasteiger charge is -2.36. The van der Waals surface area contributed by atoms with Crippen LogP contribution in [0.25, 0.3) is 0 Å². The average molecular weight is 494 g/mol. The third-order valence-corrected chi connectivity index (χ3v) is 7.38. The first-order valence-electron chi connectivity index (χ1n) is 12.5. The van der Waals surface area contributed by atoms with Crippen LogP contribution >= 0.6 is 0 Å². The number of pyridine rings is 1. The molecule has 4 heterocycles. The van der Waals surface area contributed by atoms with E-state index >= 15 is 0 Å². The SMILES string of the molecule is O=c1cc(N2CCOC(c3cccc4c3Oc3ccc(CN5CCC(F)(F)CC5)cc3C4)C2)cc[nH]1. The van der Waals surface area contributed by atoms with E-state index < -0.39 is 5.92 Å². The molecule has 3 aliphatic rings. The molecule has 0 bridgehead atoms. The first kappa shape index (κ1) is 23.2. The number of anilines is 1. The molecule has 2 fully saturated rings. The van der Waals surface area contributed by atoms with E-state index in [-0.39, 0.29) is 24.5 Å². The Labute approximate surface area is 208 Å². The fourth-order valence-electron chi connectivity index (χ4n) is 5.40. The summed E-state index contributed by atoms with van der Waals surface area (Å²) >= 11 is 0. The zero-order chi connectivity index (χ0) is 24.7. The maximum Gasteiger partial charge on any atom is 0.250 e. The number of benzene rings is 2. The molecule has 0 aliphatic carbocycles. The van der Waals surface area contributed by atoms with E-state index in [1.54, 1.807) is 12.3 Å². The van der Waals surface area contributed by atoms with Crippen LogP contribution in [0.3, 0.4) is 0 Å². The second kappa shape index (κ2) is 9.33. The van der Waals surface area contributed by atoms with Crippen LogP contribution in [0.15, 0.2) is 59.5 Å². The number of likely N-dealkylation sites (tertiary alicyclic amines) is 1. The van der Waals surface area contributed by atoms with Gasteiger partial charge in [0, 0.05) is 75.5 Å². The molecule has 6 rings (SSSR count). The number of nitrogens with one attached hydrogen (secondary N) is 1. The number of halogens is 2. The van der Waals surface area contributed by atoms with Gasteiger partial charge in [-0.3, -0.25) is 9.69 Å². The number of aromatic nitrogens is 1. The predicted molar refractivity (Wildman–Crippen MR) is 133 cm³/mol. The van der Waals surface area contributed by atoms with Gasteiger partial charge >= 0.3 is 0 Å². The molecule has 1 atom stereocenters. The zero-order valence-electron chi connectivity index (χ0n) is 20.0. The van der Waals surface area contributed by atoms with E-state index in [4.69, 9.17) is 9.47 Å². The van der Waals surface area contributed by atoms with Crippen molar-refractivity contribution in [3.05, 3.63) is 87.3 Å². The average Bonchev–Trinajstić information content (AvgIpc) is 2.88. The lowest BCUT2D eigenvalue weighted by molar-refractivity contribution is -0.0566. The molecule has 1 unspecified atom stereocenters. The molecule has 6 nitrogen and oxygen atoms in total. The maximum atomic E-state index is 13.5. The van der Waals surface area contributed by atoms with Crippen molar-refractivity contribution in [2.24, 2.45) is 0 Å². The summed E-state index contributed by atoms with van der Waals surface area (Å²) in [6.45, 7) is 3.42. The van der Waals surface area contributed by atoms with Crippen LogP contribution in [0.4, 0.5) is 14.5 Å². The van der Waals surface area contributed by atoms with E-state index in [0.29, 0.717) is 32.8 Å². The molecule has 3 aromatic rings. The second-order valence-corrected chi connectivity index (χ2v) is 9.91. The number of alkyl halides is 2. The highest BCUT2D eigenvalue weighted by atomic mass is 19.3. The molecular weight excluding hydrogens is 464 g/mol. The van der Waals surface area contributed by atoms with Crippen LogP contribution in [-0.4, -0.2) is 48.6 Å². The lowest BCUT2D eigenvalue weighted by atomic mass is 9.94. The summed E-state index contributed by atoms with van der Waals surface area (Å²) in [6.07, 6.45) is 2.10. The Morgan fingerprint density at radius 1 is 1.03 bits per heavy atom. The van der Waals surface area contributed by atoms with Gasteiger partial charge in [0.15, 0.2) is 0 Å². The Balaban J connectivity index is 1.19. The molecule has 36 heavy (non-hydrogen) atoms. The Morgan fingerprint density at radius 2 is 1.89 bits per heavy atom. The van der Waals surface area contributed by atoms with Gasteiger partial charge in [-0.25, -0.2) is 8.78 Å². The number of fused-ring (bicyclic) bond motifs is 2. The Hall–Kier alpha value is -3.23. The largest absolute Gasteiger partial charge is 0.456 e. The van der Waals surface area contributed by atoms with Crippen molar-refractivity contribution in [3.63, 3.8) is 0 Å². The van der Waals surface area contributed by atoms with E-state index in [1.807, 2.05) is 24.3 Å². The molecule has 0 saturated carbocycles. The molecule has 1 aromatic heterocycles. The van der Waals surface area contributed by atoms with Gasteiger partial charge in [0.1, 0.15) is 17.6 Å². The normalized spacial score (nSPS) is 21.4. The molecule has 2 saturated heterocycles. The highest BCUT2D eigenvalue weighted by Gasteiger charge is 2.34. The highest BCUT2D eigenvalue weighted by Crippen LogP contribution is 2.43. The number of piperidine rings is 1. The fraction of sp³-hybridized carbons (Fsp3) is 0.393. The Morgan fingerprint density at radius 3 is 2.72 bits per heavy atom. The van der Waals surface area contributed by atoms with Crippen LogP contribution in [-0.2, 0) is 17.7 Å². The van der Waals surface area contributed by atoms with Gasteiger partial charge in [0.25, 0.3) is 5.92 Å². The smallest absolute Gasteiger partial charge is 0.250 e. The minimum absolute atomic E-state index is 0.0708. The van der Waals surface area contributed by atoms with Crippen molar-refractivity contribution in [2.45, 2.75) is 37.8 Å². The van der Waals surface area contributed by atoms with Gasteiger partial charge < -0.3 is 19.4 Å². The molecule has 188 valence electrons. The third-order valence-electron chi connectivity index (χ3n) is 7.38. The van der Waals surface area contributed by atoms with E-state index in [0.717, 1.165) is 52.4 Å². The summed E-state index contributed by atoms with van der Waals surface area (Å²) < 4.78 is 39.6. The van der Waals surface area contributed by atoms with Crippen molar-refractivity contribution in [3.8, 4) is 11.5 Å². The quantitative estimate of drug-likeness (QED) is 0.439. The van der Waals surface area contributed by atoms with Crippen LogP contribution in [0.2, 0.25) is 0 Å². The van der Waals surface area contributed by atoms with Crippen LogP contribution in [0.1, 0.15) is 41.2 Å². The number of aromatic amines is 1. The number of morpholine rings is 1. The maximum absolute atomic E-state index is 13.5. The molecule has 0 spiro atoms. The van der Waals surface area contributed by atoms with Gasteiger partial charge in [0.05, 0.1) is 6.61 Å². The number of hydrogen-bond acceptors (Lipinski definition) is 5. The third kappa shape index (κ3) is 4.75. The van der Waals surface area contributed by atoms with Crippen LogP contribution in [0, 0.1) is 0 Å². The predicted octanol–water partition coefficient (Wildman–Crippen LogP) is 4.88. The summed E-state index contributed by atoms with van der Waals surface area (Å²) in [7, 11) is 0. The van der Waals surface area contributed by atoms with Crippen LogP contribution < -0.4 is 15.2 Å². The summed E-state index contributed by atoms with van der Waals surface area (Å²) in [4.78, 5) is 18.7. The summed E-state index contributed by atoms with van der Waals surface area (Å²) in [5, 5.41) is 0. The number of ether oxygens (including phenoxy) is 2.